The maximum absolute atomic E-state index is 11.7. The predicted molar refractivity (Wildman–Crippen MR) is 79.7 cm³/mol. The number of carboxylic acid groups (broad SMARTS) is 1. The van der Waals surface area contributed by atoms with E-state index in [9.17, 15) is 9.59 Å². The number of nitrogens with zero attached hydrogens (tertiary/aromatic N) is 2. The van der Waals surface area contributed by atoms with E-state index in [1.807, 2.05) is 25.1 Å². The summed E-state index contributed by atoms with van der Waals surface area (Å²) in [6.45, 7) is 5.65. The van der Waals surface area contributed by atoms with Gasteiger partial charge in [0.25, 0.3) is 0 Å². The number of benzene rings is 1. The minimum Gasteiger partial charge on any atom is -0.481 e. The number of carbonyl (C=O) groups is 2. The molecule has 1 aliphatic rings. The van der Waals surface area contributed by atoms with Crippen LogP contribution < -0.4 is 0 Å². The van der Waals surface area contributed by atoms with Crippen molar-refractivity contribution in [3.8, 4) is 0 Å². The fourth-order valence-corrected chi connectivity index (χ4v) is 3.00. The number of amides is 1. The molecule has 0 bridgehead atoms. The first kappa shape index (κ1) is 15.5. The van der Waals surface area contributed by atoms with Crippen LogP contribution in [0.2, 0.25) is 0 Å². The van der Waals surface area contributed by atoms with Crippen molar-refractivity contribution < 1.29 is 14.7 Å². The third-order valence-electron chi connectivity index (χ3n) is 4.18. The second-order valence-electron chi connectivity index (χ2n) is 5.57. The smallest absolute Gasteiger partial charge is 0.305 e. The number of carboxylic acids is 1. The molecule has 0 saturated carbocycles. The molecule has 1 N–H and O–H groups in total. The molecule has 1 aromatic rings. The summed E-state index contributed by atoms with van der Waals surface area (Å²) in [6.07, 6.45) is -0.00790. The summed E-state index contributed by atoms with van der Waals surface area (Å²) in [7, 11) is 0. The van der Waals surface area contributed by atoms with Crippen molar-refractivity contribution in [2.45, 2.75) is 38.9 Å². The lowest BCUT2D eigenvalue weighted by Crippen LogP contribution is -2.59. The zero-order chi connectivity index (χ0) is 15.4. The maximum Gasteiger partial charge on any atom is 0.305 e. The van der Waals surface area contributed by atoms with Crippen LogP contribution >= 0.6 is 0 Å². The third kappa shape index (κ3) is 3.82. The Morgan fingerprint density at radius 1 is 1.24 bits per heavy atom. The molecule has 5 nitrogen and oxygen atoms in total. The van der Waals surface area contributed by atoms with E-state index in [0.717, 1.165) is 13.1 Å². The Morgan fingerprint density at radius 2 is 1.90 bits per heavy atom. The Bertz CT molecular complexity index is 504. The summed E-state index contributed by atoms with van der Waals surface area (Å²) in [5.74, 6) is -0.910. The van der Waals surface area contributed by atoms with Crippen molar-refractivity contribution in [1.29, 1.82) is 0 Å². The van der Waals surface area contributed by atoms with Gasteiger partial charge in [0.15, 0.2) is 0 Å². The second-order valence-corrected chi connectivity index (χ2v) is 5.57. The summed E-state index contributed by atoms with van der Waals surface area (Å²) in [5, 5.41) is 9.10. The van der Waals surface area contributed by atoms with E-state index >= 15 is 0 Å². The largest absolute Gasteiger partial charge is 0.481 e. The van der Waals surface area contributed by atoms with Crippen molar-refractivity contribution in [3.63, 3.8) is 0 Å². The highest BCUT2D eigenvalue weighted by molar-refractivity contribution is 5.75. The monoisotopic (exact) mass is 290 g/mol. The van der Waals surface area contributed by atoms with Gasteiger partial charge in [0.1, 0.15) is 0 Å². The zero-order valence-corrected chi connectivity index (χ0v) is 12.5. The highest BCUT2D eigenvalue weighted by atomic mass is 16.4. The molecule has 0 spiro atoms. The van der Waals surface area contributed by atoms with Crippen LogP contribution in [0.3, 0.4) is 0 Å². The van der Waals surface area contributed by atoms with Gasteiger partial charge < -0.3 is 10.0 Å². The SMILES string of the molecule is CC(=O)N1CCN(Cc2ccccc2)[C@@H](C)[C@@H]1CC(=O)O. The lowest BCUT2D eigenvalue weighted by atomic mass is 9.98. The molecule has 2 atom stereocenters. The van der Waals surface area contributed by atoms with E-state index in [1.54, 1.807) is 4.90 Å². The van der Waals surface area contributed by atoms with Crippen LogP contribution in [0.25, 0.3) is 0 Å². The molecule has 0 aromatic heterocycles. The molecule has 21 heavy (non-hydrogen) atoms. The van der Waals surface area contributed by atoms with Crippen molar-refractivity contribution in [3.05, 3.63) is 35.9 Å². The Hall–Kier alpha value is -1.88. The molecule has 2 rings (SSSR count). The molecule has 1 fully saturated rings. The minimum absolute atomic E-state index is 0.00790. The number of aliphatic carboxylic acids is 1. The Morgan fingerprint density at radius 3 is 2.48 bits per heavy atom. The van der Waals surface area contributed by atoms with E-state index in [1.165, 1.54) is 12.5 Å². The van der Waals surface area contributed by atoms with Gasteiger partial charge in [-0.05, 0) is 12.5 Å². The van der Waals surface area contributed by atoms with E-state index < -0.39 is 5.97 Å². The van der Waals surface area contributed by atoms with E-state index in [0.29, 0.717) is 6.54 Å². The molecule has 1 aromatic carbocycles. The average Bonchev–Trinajstić information content (AvgIpc) is 2.43. The van der Waals surface area contributed by atoms with Crippen LogP contribution in [0.15, 0.2) is 30.3 Å². The van der Waals surface area contributed by atoms with E-state index in [-0.39, 0.29) is 24.4 Å². The van der Waals surface area contributed by atoms with Gasteiger partial charge in [0.2, 0.25) is 5.91 Å². The molecule has 0 radical (unpaired) electrons. The number of hydrogen-bond acceptors (Lipinski definition) is 3. The Labute approximate surface area is 125 Å². The van der Waals surface area contributed by atoms with Crippen LogP contribution in [0.4, 0.5) is 0 Å². The van der Waals surface area contributed by atoms with Crippen molar-refractivity contribution in [2.75, 3.05) is 13.1 Å². The minimum atomic E-state index is -0.861. The van der Waals surface area contributed by atoms with Gasteiger partial charge in [-0.15, -0.1) is 0 Å². The second kappa shape index (κ2) is 6.72. The van der Waals surface area contributed by atoms with Crippen LogP contribution in [-0.2, 0) is 16.1 Å². The molecule has 5 heteroatoms. The number of rotatable bonds is 4. The van der Waals surface area contributed by atoms with Crippen molar-refractivity contribution in [2.24, 2.45) is 0 Å². The van der Waals surface area contributed by atoms with Crippen LogP contribution in [0.5, 0.6) is 0 Å². The van der Waals surface area contributed by atoms with E-state index in [4.69, 9.17) is 5.11 Å². The van der Waals surface area contributed by atoms with Crippen molar-refractivity contribution in [1.82, 2.24) is 9.80 Å². The standard InChI is InChI=1S/C16H22N2O3/c1-12-15(10-16(20)21)18(13(2)19)9-8-17(12)11-14-6-4-3-5-7-14/h3-7,12,15H,8-11H2,1-2H3,(H,20,21)/t12-,15-/m0/s1. The van der Waals surface area contributed by atoms with Gasteiger partial charge in [-0.2, -0.15) is 0 Å². The molecule has 1 heterocycles. The number of hydrogen-bond donors (Lipinski definition) is 1. The molecule has 1 saturated heterocycles. The summed E-state index contributed by atoms with van der Waals surface area (Å²) in [6, 6.07) is 9.87. The highest BCUT2D eigenvalue weighted by Crippen LogP contribution is 2.22. The summed E-state index contributed by atoms with van der Waals surface area (Å²) >= 11 is 0. The van der Waals surface area contributed by atoms with Gasteiger partial charge in [0, 0.05) is 32.6 Å². The molecule has 0 unspecified atom stereocenters. The molecule has 1 aliphatic heterocycles. The molecule has 0 aliphatic carbocycles. The Kier molecular flexibility index (Phi) is 4.96. The fraction of sp³-hybridized carbons (Fsp3) is 0.500. The summed E-state index contributed by atoms with van der Waals surface area (Å²) in [5.41, 5.74) is 1.20. The molecular formula is C16H22N2O3. The van der Waals surface area contributed by atoms with Crippen LogP contribution in [-0.4, -0.2) is 52.0 Å². The zero-order valence-electron chi connectivity index (χ0n) is 12.5. The van der Waals surface area contributed by atoms with E-state index in [2.05, 4.69) is 17.0 Å². The highest BCUT2D eigenvalue weighted by Gasteiger charge is 2.36. The fourth-order valence-electron chi connectivity index (χ4n) is 3.00. The quantitative estimate of drug-likeness (QED) is 0.914. The lowest BCUT2D eigenvalue weighted by Gasteiger charge is -2.45. The average molecular weight is 290 g/mol. The van der Waals surface area contributed by atoms with Gasteiger partial charge in [-0.25, -0.2) is 0 Å². The first-order valence-corrected chi connectivity index (χ1v) is 7.26. The summed E-state index contributed by atoms with van der Waals surface area (Å²) in [4.78, 5) is 26.8. The van der Waals surface area contributed by atoms with Crippen molar-refractivity contribution >= 4 is 11.9 Å². The number of carbonyl (C=O) groups excluding carboxylic acids is 1. The van der Waals surface area contributed by atoms with Gasteiger partial charge in [-0.1, -0.05) is 30.3 Å². The lowest BCUT2D eigenvalue weighted by molar-refractivity contribution is -0.144. The molecular weight excluding hydrogens is 268 g/mol. The summed E-state index contributed by atoms with van der Waals surface area (Å²) < 4.78 is 0. The third-order valence-corrected chi connectivity index (χ3v) is 4.18. The first-order chi connectivity index (χ1) is 9.99. The number of piperazine rings is 1. The van der Waals surface area contributed by atoms with Gasteiger partial charge in [-0.3, -0.25) is 14.5 Å². The molecule has 1 amide bonds. The topological polar surface area (TPSA) is 60.9 Å². The van der Waals surface area contributed by atoms with Gasteiger partial charge >= 0.3 is 5.97 Å². The maximum atomic E-state index is 11.7. The normalized spacial score (nSPS) is 23.0. The predicted octanol–water partition coefficient (Wildman–Crippen LogP) is 1.58. The van der Waals surface area contributed by atoms with Gasteiger partial charge in [0.05, 0.1) is 12.5 Å². The Balaban J connectivity index is 2.12. The van der Waals surface area contributed by atoms with Crippen LogP contribution in [0, 0.1) is 0 Å². The first-order valence-electron chi connectivity index (χ1n) is 7.26. The van der Waals surface area contributed by atoms with Crippen LogP contribution in [0.1, 0.15) is 25.8 Å². The molecule has 114 valence electrons.